The summed E-state index contributed by atoms with van der Waals surface area (Å²) < 4.78 is 51.1. The van der Waals surface area contributed by atoms with Gasteiger partial charge >= 0.3 is 6.18 Å². The number of anilines is 1. The number of thiocarbonyl (C=S) groups is 1. The van der Waals surface area contributed by atoms with Crippen molar-refractivity contribution >= 4 is 35.2 Å². The maximum atomic E-state index is 13.4. The Bertz CT molecular complexity index is 999. The highest BCUT2D eigenvalue weighted by Crippen LogP contribution is 2.34. The van der Waals surface area contributed by atoms with Crippen LogP contribution >= 0.6 is 12.2 Å². The molecule has 0 aromatic heterocycles. The molecule has 40 heavy (non-hydrogen) atoms. The minimum Gasteiger partial charge on any atom is -0.379 e. The Morgan fingerprint density at radius 1 is 1.07 bits per heavy atom. The number of nitriles is 1. The first kappa shape index (κ1) is 35.3. The van der Waals surface area contributed by atoms with Crippen molar-refractivity contribution in [3.05, 3.63) is 29.3 Å². The van der Waals surface area contributed by atoms with Crippen LogP contribution in [-0.4, -0.2) is 74.3 Å². The Morgan fingerprint density at radius 3 is 2.35 bits per heavy atom. The summed E-state index contributed by atoms with van der Waals surface area (Å²) >= 11 is 5.10. The van der Waals surface area contributed by atoms with Gasteiger partial charge in [-0.25, -0.2) is 0 Å². The van der Waals surface area contributed by atoms with E-state index < -0.39 is 28.7 Å². The molecule has 0 aliphatic rings. The van der Waals surface area contributed by atoms with Gasteiger partial charge in [-0.3, -0.25) is 9.59 Å². The molecule has 0 radical (unpaired) electrons. The average molecular weight is 587 g/mol. The molecule has 0 spiro atoms. The van der Waals surface area contributed by atoms with Crippen molar-refractivity contribution in [2.24, 2.45) is 0 Å². The van der Waals surface area contributed by atoms with Gasteiger partial charge in [-0.15, -0.1) is 0 Å². The molecule has 1 aromatic carbocycles. The van der Waals surface area contributed by atoms with Gasteiger partial charge in [0.2, 0.25) is 5.91 Å². The molecule has 0 saturated carbocycles. The first-order chi connectivity index (χ1) is 18.9. The van der Waals surface area contributed by atoms with Crippen LogP contribution < -0.4 is 10.2 Å². The molecule has 0 aliphatic heterocycles. The van der Waals surface area contributed by atoms with Crippen molar-refractivity contribution in [3.63, 3.8) is 0 Å². The lowest BCUT2D eigenvalue weighted by Gasteiger charge is -2.38. The van der Waals surface area contributed by atoms with Crippen molar-refractivity contribution in [2.75, 3.05) is 51.5 Å². The summed E-state index contributed by atoms with van der Waals surface area (Å²) in [5, 5.41) is 11.8. The lowest BCUT2D eigenvalue weighted by molar-refractivity contribution is -0.138. The van der Waals surface area contributed by atoms with Crippen LogP contribution in [0, 0.1) is 11.3 Å². The molecule has 1 rings (SSSR count). The van der Waals surface area contributed by atoms with Crippen LogP contribution in [0.3, 0.4) is 0 Å². The number of benzene rings is 1. The quantitative estimate of drug-likeness (QED) is 0.178. The highest BCUT2D eigenvalue weighted by atomic mass is 32.1. The molecular weight excluding hydrogens is 545 g/mol. The number of unbranched alkanes of at least 4 members (excludes halogenated alkanes) is 3. The second kappa shape index (κ2) is 17.8. The molecule has 224 valence electrons. The molecular formula is C28H41F3N4O4S. The third kappa shape index (κ3) is 11.8. The van der Waals surface area contributed by atoms with Crippen LogP contribution in [0.25, 0.3) is 0 Å². The van der Waals surface area contributed by atoms with Gasteiger partial charge in [-0.1, -0.05) is 38.4 Å². The molecule has 0 heterocycles. The molecule has 1 N–H and O–H groups in total. The van der Waals surface area contributed by atoms with Gasteiger partial charge in [0.1, 0.15) is 5.54 Å². The van der Waals surface area contributed by atoms with Crippen molar-refractivity contribution in [2.45, 2.75) is 71.0 Å². The zero-order valence-electron chi connectivity index (χ0n) is 23.8. The van der Waals surface area contributed by atoms with E-state index in [1.54, 1.807) is 18.7 Å². The number of carbonyl (C=O) groups is 2. The van der Waals surface area contributed by atoms with Gasteiger partial charge in [0, 0.05) is 38.9 Å². The Hall–Kier alpha value is -2.75. The van der Waals surface area contributed by atoms with Crippen LogP contribution in [0.15, 0.2) is 18.2 Å². The van der Waals surface area contributed by atoms with Crippen molar-refractivity contribution in [1.82, 2.24) is 10.2 Å². The lowest BCUT2D eigenvalue weighted by Crippen LogP contribution is -2.55. The average Bonchev–Trinajstić information content (AvgIpc) is 2.92. The SMILES string of the molecule is CCCCCCOCCOCCNC(=O)CCCN(C=S)C(C)(C)C(=O)N(C)c1ccc(C#N)c(C(F)(F)F)c1. The topological polar surface area (TPSA) is 94.9 Å². The first-order valence-corrected chi connectivity index (χ1v) is 13.9. The molecule has 0 saturated heterocycles. The largest absolute Gasteiger partial charge is 0.417 e. The number of carbonyl (C=O) groups excluding carboxylic acids is 2. The fraction of sp³-hybridized carbons (Fsp3) is 0.643. The van der Waals surface area contributed by atoms with Crippen molar-refractivity contribution in [3.8, 4) is 6.07 Å². The fourth-order valence-electron chi connectivity index (χ4n) is 3.90. The summed E-state index contributed by atoms with van der Waals surface area (Å²) in [6.07, 6.45) is 0.481. The Labute approximate surface area is 240 Å². The van der Waals surface area contributed by atoms with E-state index >= 15 is 0 Å². The van der Waals surface area contributed by atoms with E-state index in [2.05, 4.69) is 12.2 Å². The number of amides is 2. The maximum absolute atomic E-state index is 13.4. The second-order valence-electron chi connectivity index (χ2n) is 9.80. The Balaban J connectivity index is 2.49. The van der Waals surface area contributed by atoms with E-state index in [9.17, 15) is 22.8 Å². The highest BCUT2D eigenvalue weighted by Gasteiger charge is 2.38. The van der Waals surface area contributed by atoms with Gasteiger partial charge in [0.25, 0.3) is 5.91 Å². The summed E-state index contributed by atoms with van der Waals surface area (Å²) in [7, 11) is 1.36. The summed E-state index contributed by atoms with van der Waals surface area (Å²) in [6.45, 7) is 8.11. The summed E-state index contributed by atoms with van der Waals surface area (Å²) in [5.41, 5.74) is -1.54. The van der Waals surface area contributed by atoms with E-state index in [-0.39, 0.29) is 24.6 Å². The maximum Gasteiger partial charge on any atom is 0.417 e. The number of ether oxygens (including phenoxy) is 2. The number of hydrogen-bond donors (Lipinski definition) is 1. The number of likely N-dealkylation sites (N-methyl/N-ethyl adjacent to an activating group) is 1. The van der Waals surface area contributed by atoms with E-state index in [0.717, 1.165) is 30.1 Å². The molecule has 0 fully saturated rings. The third-order valence-electron chi connectivity index (χ3n) is 6.38. The smallest absolute Gasteiger partial charge is 0.379 e. The molecule has 0 atom stereocenters. The summed E-state index contributed by atoms with van der Waals surface area (Å²) in [4.78, 5) is 28.1. The summed E-state index contributed by atoms with van der Waals surface area (Å²) in [6, 6.07) is 4.64. The molecule has 0 unspecified atom stereocenters. The number of alkyl halides is 3. The Morgan fingerprint density at radius 2 is 1.75 bits per heavy atom. The van der Waals surface area contributed by atoms with Gasteiger partial charge in [-0.2, -0.15) is 18.4 Å². The number of nitrogens with zero attached hydrogens (tertiary/aromatic N) is 3. The van der Waals surface area contributed by atoms with Gasteiger partial charge < -0.3 is 24.6 Å². The zero-order chi connectivity index (χ0) is 30.2. The van der Waals surface area contributed by atoms with Crippen LogP contribution in [0.1, 0.15) is 70.4 Å². The minimum atomic E-state index is -4.74. The Kier molecular flexibility index (Phi) is 15.7. The van der Waals surface area contributed by atoms with Crippen molar-refractivity contribution in [1.29, 1.82) is 5.26 Å². The predicted molar refractivity (Wildman–Crippen MR) is 152 cm³/mol. The van der Waals surface area contributed by atoms with E-state index in [1.807, 2.05) is 0 Å². The molecule has 12 heteroatoms. The van der Waals surface area contributed by atoms with Gasteiger partial charge in [0.15, 0.2) is 0 Å². The van der Waals surface area contributed by atoms with E-state index in [1.165, 1.54) is 43.9 Å². The molecule has 2 amide bonds. The fourth-order valence-corrected chi connectivity index (χ4v) is 4.27. The van der Waals surface area contributed by atoms with Gasteiger partial charge in [0.05, 0.1) is 42.5 Å². The molecule has 0 aliphatic carbocycles. The van der Waals surface area contributed by atoms with Crippen LogP contribution in [0.5, 0.6) is 0 Å². The highest BCUT2D eigenvalue weighted by molar-refractivity contribution is 7.78. The number of hydrogen-bond acceptors (Lipinski definition) is 6. The molecule has 0 bridgehead atoms. The monoisotopic (exact) mass is 586 g/mol. The first-order valence-electron chi connectivity index (χ1n) is 13.4. The van der Waals surface area contributed by atoms with E-state index in [4.69, 9.17) is 27.0 Å². The molecule has 1 aromatic rings. The standard InChI is InChI=1S/C28H41F3N4O4S/c1-5-6-7-8-15-38-17-18-39-16-13-33-25(36)10-9-14-35(21-40)27(2,3)26(37)34(4)23-12-11-22(20-32)24(19-23)28(29,30)31/h11-12,19,21H,5-10,13-18H2,1-4H3,(H,33,36). The predicted octanol–water partition coefficient (Wildman–Crippen LogP) is 5.09. The van der Waals surface area contributed by atoms with Crippen LogP contribution in [0.2, 0.25) is 0 Å². The normalized spacial score (nSPS) is 11.6. The molecule has 8 nitrogen and oxygen atoms in total. The van der Waals surface area contributed by atoms with Gasteiger partial charge in [-0.05, 0) is 44.9 Å². The van der Waals surface area contributed by atoms with Crippen molar-refractivity contribution < 1.29 is 32.2 Å². The number of nitrogens with one attached hydrogen (secondary N) is 1. The lowest BCUT2D eigenvalue weighted by atomic mass is 9.99. The third-order valence-corrected chi connectivity index (χ3v) is 6.63. The van der Waals surface area contributed by atoms with Crippen LogP contribution in [-0.2, 0) is 25.2 Å². The van der Waals surface area contributed by atoms with Crippen LogP contribution in [0.4, 0.5) is 18.9 Å². The number of halogens is 3. The second-order valence-corrected chi connectivity index (χ2v) is 10.0. The minimum absolute atomic E-state index is 0.00569. The zero-order valence-corrected chi connectivity index (χ0v) is 24.6. The number of rotatable bonds is 19. The summed E-state index contributed by atoms with van der Waals surface area (Å²) in [5.74, 6) is -0.670. The van der Waals surface area contributed by atoms with E-state index in [0.29, 0.717) is 32.8 Å².